The Morgan fingerprint density at radius 2 is 1.88 bits per heavy atom. The van der Waals surface area contributed by atoms with E-state index in [-0.39, 0.29) is 12.0 Å². The molecule has 1 saturated heterocycles. The molecular formula is C21H25NO2. The van der Waals surface area contributed by atoms with Crippen molar-refractivity contribution >= 4 is 6.08 Å². The third kappa shape index (κ3) is 4.70. The molecule has 126 valence electrons. The van der Waals surface area contributed by atoms with Crippen LogP contribution in [-0.2, 0) is 0 Å². The van der Waals surface area contributed by atoms with Crippen molar-refractivity contribution in [3.63, 3.8) is 0 Å². The third-order valence-electron chi connectivity index (χ3n) is 4.42. The molecule has 3 nitrogen and oxygen atoms in total. The number of rotatable bonds is 6. The first-order valence-electron chi connectivity index (χ1n) is 8.66. The summed E-state index contributed by atoms with van der Waals surface area (Å²) in [5.74, 6) is 1.12. The predicted molar refractivity (Wildman–Crippen MR) is 98.3 cm³/mol. The van der Waals surface area contributed by atoms with Gasteiger partial charge < -0.3 is 15.2 Å². The van der Waals surface area contributed by atoms with Crippen molar-refractivity contribution in [2.24, 2.45) is 0 Å². The Balaban J connectivity index is 1.45. The molecule has 2 unspecified atom stereocenters. The Labute approximate surface area is 144 Å². The topological polar surface area (TPSA) is 41.5 Å². The normalized spacial score (nSPS) is 21.0. The summed E-state index contributed by atoms with van der Waals surface area (Å²) in [6.45, 7) is 2.31. The molecule has 0 aliphatic carbocycles. The number of hydrogen-bond donors (Lipinski definition) is 2. The third-order valence-corrected chi connectivity index (χ3v) is 4.42. The Bertz CT molecular complexity index is 637. The maximum Gasteiger partial charge on any atom is 0.119 e. The maximum absolute atomic E-state index is 10.1. The van der Waals surface area contributed by atoms with Gasteiger partial charge in [-0.25, -0.2) is 0 Å². The second-order valence-corrected chi connectivity index (χ2v) is 6.19. The van der Waals surface area contributed by atoms with Crippen LogP contribution in [0.3, 0.4) is 0 Å². The number of aliphatic hydroxyl groups excluding tert-OH is 1. The largest absolute Gasteiger partial charge is 0.493 e. The summed E-state index contributed by atoms with van der Waals surface area (Å²) in [7, 11) is 0. The van der Waals surface area contributed by atoms with Crippen molar-refractivity contribution in [1.82, 2.24) is 5.32 Å². The second kappa shape index (κ2) is 8.67. The van der Waals surface area contributed by atoms with Crippen LogP contribution in [0.4, 0.5) is 0 Å². The number of ether oxygens (including phenoxy) is 1. The molecule has 0 aromatic heterocycles. The molecule has 3 rings (SSSR count). The Kier molecular flexibility index (Phi) is 6.05. The Morgan fingerprint density at radius 1 is 1.08 bits per heavy atom. The molecule has 1 fully saturated rings. The van der Waals surface area contributed by atoms with Gasteiger partial charge in [0.25, 0.3) is 0 Å². The van der Waals surface area contributed by atoms with E-state index in [1.165, 1.54) is 11.1 Å². The van der Waals surface area contributed by atoms with E-state index in [0.29, 0.717) is 13.2 Å². The molecule has 2 atom stereocenters. The summed E-state index contributed by atoms with van der Waals surface area (Å²) in [6.07, 6.45) is 5.81. The summed E-state index contributed by atoms with van der Waals surface area (Å²) in [6, 6.07) is 18.4. The highest BCUT2D eigenvalue weighted by atomic mass is 16.5. The van der Waals surface area contributed by atoms with Crippen molar-refractivity contribution in [1.29, 1.82) is 0 Å². The smallest absolute Gasteiger partial charge is 0.119 e. The lowest BCUT2D eigenvalue weighted by molar-refractivity contribution is 0.118. The molecular weight excluding hydrogens is 298 g/mol. The lowest BCUT2D eigenvalue weighted by Crippen LogP contribution is -2.39. The van der Waals surface area contributed by atoms with Gasteiger partial charge in [0.15, 0.2) is 0 Å². The van der Waals surface area contributed by atoms with Gasteiger partial charge in [-0.05, 0) is 42.6 Å². The maximum atomic E-state index is 10.1. The minimum atomic E-state index is -0.298. The standard InChI is InChI=1S/C21H25NO2/c23-21-16-22-14-13-20(21)18-9-11-19(12-10-18)24-15-5-4-8-17-6-2-1-3-7-17/h1-4,6-12,20-23H,5,13-16H2/b8-4+. The van der Waals surface area contributed by atoms with Crippen molar-refractivity contribution in [2.45, 2.75) is 24.9 Å². The van der Waals surface area contributed by atoms with Crippen molar-refractivity contribution in [3.8, 4) is 5.75 Å². The quantitative estimate of drug-likeness (QED) is 0.798. The van der Waals surface area contributed by atoms with Gasteiger partial charge in [-0.15, -0.1) is 0 Å². The summed E-state index contributed by atoms with van der Waals surface area (Å²) in [5.41, 5.74) is 2.41. The number of nitrogens with one attached hydrogen (secondary N) is 1. The Morgan fingerprint density at radius 3 is 2.62 bits per heavy atom. The first-order valence-corrected chi connectivity index (χ1v) is 8.66. The Hall–Kier alpha value is -2.10. The first-order chi connectivity index (χ1) is 11.8. The zero-order chi connectivity index (χ0) is 16.6. The second-order valence-electron chi connectivity index (χ2n) is 6.19. The van der Waals surface area contributed by atoms with Crippen LogP contribution >= 0.6 is 0 Å². The fraction of sp³-hybridized carbons (Fsp3) is 0.333. The van der Waals surface area contributed by atoms with Gasteiger partial charge in [0.1, 0.15) is 5.75 Å². The number of piperidine rings is 1. The summed E-state index contributed by atoms with van der Waals surface area (Å²) in [4.78, 5) is 0. The predicted octanol–water partition coefficient (Wildman–Crippen LogP) is 3.61. The van der Waals surface area contributed by atoms with Crippen molar-refractivity contribution < 1.29 is 9.84 Å². The summed E-state index contributed by atoms with van der Waals surface area (Å²) >= 11 is 0. The lowest BCUT2D eigenvalue weighted by Gasteiger charge is -2.28. The highest BCUT2D eigenvalue weighted by Gasteiger charge is 2.24. The fourth-order valence-corrected chi connectivity index (χ4v) is 3.07. The van der Waals surface area contributed by atoms with Crippen LogP contribution in [0, 0.1) is 0 Å². The van der Waals surface area contributed by atoms with Gasteiger partial charge in [-0.3, -0.25) is 0 Å². The van der Waals surface area contributed by atoms with Crippen LogP contribution in [-0.4, -0.2) is 30.9 Å². The van der Waals surface area contributed by atoms with Gasteiger partial charge in [0.2, 0.25) is 0 Å². The molecule has 1 heterocycles. The van der Waals surface area contributed by atoms with E-state index in [0.717, 1.165) is 25.1 Å². The molecule has 0 radical (unpaired) electrons. The van der Waals surface area contributed by atoms with E-state index < -0.39 is 0 Å². The zero-order valence-corrected chi connectivity index (χ0v) is 13.9. The van der Waals surface area contributed by atoms with Crippen LogP contribution < -0.4 is 10.1 Å². The SMILES string of the molecule is OC1CNCCC1c1ccc(OCC/C=C/c2ccccc2)cc1. The average molecular weight is 323 g/mol. The monoisotopic (exact) mass is 323 g/mol. The van der Waals surface area contributed by atoms with E-state index >= 15 is 0 Å². The van der Waals surface area contributed by atoms with Crippen LogP contribution in [0.25, 0.3) is 6.08 Å². The summed E-state index contributed by atoms with van der Waals surface area (Å²) < 4.78 is 5.79. The molecule has 2 aromatic rings. The minimum absolute atomic E-state index is 0.231. The molecule has 2 aromatic carbocycles. The van der Waals surface area contributed by atoms with Crippen LogP contribution in [0.5, 0.6) is 5.75 Å². The van der Waals surface area contributed by atoms with Gasteiger partial charge in [-0.1, -0.05) is 54.6 Å². The van der Waals surface area contributed by atoms with E-state index in [1.807, 2.05) is 30.3 Å². The number of hydrogen-bond acceptors (Lipinski definition) is 3. The van der Waals surface area contributed by atoms with Crippen LogP contribution in [0.15, 0.2) is 60.7 Å². The van der Waals surface area contributed by atoms with Gasteiger partial charge in [-0.2, -0.15) is 0 Å². The number of aliphatic hydroxyl groups is 1. The molecule has 3 heteroatoms. The molecule has 2 N–H and O–H groups in total. The zero-order valence-electron chi connectivity index (χ0n) is 13.9. The first kappa shape index (κ1) is 16.7. The fourth-order valence-electron chi connectivity index (χ4n) is 3.07. The molecule has 1 aliphatic rings. The molecule has 0 bridgehead atoms. The highest BCUT2D eigenvalue weighted by Crippen LogP contribution is 2.27. The lowest BCUT2D eigenvalue weighted by atomic mass is 9.88. The summed E-state index contributed by atoms with van der Waals surface area (Å²) in [5, 5.41) is 13.3. The van der Waals surface area contributed by atoms with Crippen molar-refractivity contribution in [2.75, 3.05) is 19.7 Å². The molecule has 24 heavy (non-hydrogen) atoms. The highest BCUT2D eigenvalue weighted by molar-refractivity contribution is 5.48. The molecule has 0 saturated carbocycles. The van der Waals surface area contributed by atoms with Gasteiger partial charge in [0, 0.05) is 12.5 Å². The minimum Gasteiger partial charge on any atom is -0.493 e. The van der Waals surface area contributed by atoms with E-state index in [9.17, 15) is 5.11 Å². The van der Waals surface area contributed by atoms with E-state index in [2.05, 4.69) is 41.7 Å². The van der Waals surface area contributed by atoms with Gasteiger partial charge in [0.05, 0.1) is 12.7 Å². The number of benzene rings is 2. The van der Waals surface area contributed by atoms with Crippen LogP contribution in [0.1, 0.15) is 29.9 Å². The number of β-amino-alcohol motifs (C(OH)–C–C–N with tert-alkyl or cyclic N) is 1. The molecule has 0 amide bonds. The van der Waals surface area contributed by atoms with E-state index in [4.69, 9.17) is 4.74 Å². The van der Waals surface area contributed by atoms with E-state index in [1.54, 1.807) is 0 Å². The van der Waals surface area contributed by atoms with Gasteiger partial charge >= 0.3 is 0 Å². The van der Waals surface area contributed by atoms with Crippen LogP contribution in [0.2, 0.25) is 0 Å². The molecule has 0 spiro atoms. The molecule has 1 aliphatic heterocycles. The average Bonchev–Trinajstić information content (AvgIpc) is 2.63. The van der Waals surface area contributed by atoms with Crippen molar-refractivity contribution in [3.05, 3.63) is 71.8 Å².